The minimum Gasteiger partial charge on any atom is -0.385 e. The van der Waals surface area contributed by atoms with Gasteiger partial charge in [0.15, 0.2) is 0 Å². The molecule has 3 atom stereocenters. The maximum Gasteiger partial charge on any atom is 0.127 e. The Bertz CT molecular complexity index is 260. The van der Waals surface area contributed by atoms with Crippen LogP contribution in [-0.4, -0.2) is 27.5 Å². The van der Waals surface area contributed by atoms with Gasteiger partial charge in [0.1, 0.15) is 11.6 Å². The van der Waals surface area contributed by atoms with Crippen LogP contribution in [-0.2, 0) is 0 Å². The van der Waals surface area contributed by atoms with Crippen molar-refractivity contribution in [1.82, 2.24) is 0 Å². The van der Waals surface area contributed by atoms with Crippen molar-refractivity contribution in [3.63, 3.8) is 0 Å². The third-order valence-electron chi connectivity index (χ3n) is 3.03. The van der Waals surface area contributed by atoms with Crippen LogP contribution in [0.4, 0.5) is 0 Å². The van der Waals surface area contributed by atoms with Crippen LogP contribution in [0.15, 0.2) is 17.3 Å². The molecule has 3 unspecified atom stereocenters. The smallest absolute Gasteiger partial charge is 0.127 e. The summed E-state index contributed by atoms with van der Waals surface area (Å²) in [5.74, 6) is -0.000833. The van der Waals surface area contributed by atoms with E-state index in [0.29, 0.717) is 0 Å². The fourth-order valence-electron chi connectivity index (χ4n) is 1.58. The molecule has 0 aromatic heterocycles. The van der Waals surface area contributed by atoms with Crippen molar-refractivity contribution in [3.05, 3.63) is 17.1 Å². The molecule has 2 N–H and O–H groups in total. The van der Waals surface area contributed by atoms with Crippen LogP contribution in [0.25, 0.3) is 0 Å². The van der Waals surface area contributed by atoms with Crippen molar-refractivity contribution in [2.24, 2.45) is 11.1 Å². The van der Waals surface area contributed by atoms with E-state index in [0.717, 1.165) is 0 Å². The van der Waals surface area contributed by atoms with Crippen molar-refractivity contribution in [2.45, 2.75) is 44.4 Å². The van der Waals surface area contributed by atoms with Gasteiger partial charge in [-0.25, -0.2) is 0 Å². The molecular formula is C10H17NO3. The number of hydrogen-bond acceptors (Lipinski definition) is 4. The second-order valence-electron chi connectivity index (χ2n) is 4.53. The molecule has 0 bridgehead atoms. The highest BCUT2D eigenvalue weighted by Gasteiger charge is 2.43. The zero-order chi connectivity index (χ0) is 11.0. The van der Waals surface area contributed by atoms with Crippen LogP contribution >= 0.6 is 0 Å². The average molecular weight is 199 g/mol. The highest BCUT2D eigenvalue weighted by atomic mass is 16.3. The van der Waals surface area contributed by atoms with Gasteiger partial charge in [-0.15, -0.1) is 0 Å². The summed E-state index contributed by atoms with van der Waals surface area (Å²) >= 11 is 0. The molecule has 1 aliphatic rings. The molecule has 0 fully saturated rings. The van der Waals surface area contributed by atoms with Gasteiger partial charge in [-0.1, -0.05) is 31.2 Å². The third kappa shape index (κ3) is 1.86. The minimum atomic E-state index is -1.23. The van der Waals surface area contributed by atoms with Crippen LogP contribution in [0.1, 0.15) is 27.2 Å². The molecule has 4 heteroatoms. The Labute approximate surface area is 83.6 Å². The predicted molar refractivity (Wildman–Crippen MR) is 53.8 cm³/mol. The largest absolute Gasteiger partial charge is 0.385 e. The zero-order valence-corrected chi connectivity index (χ0v) is 8.77. The Hall–Kier alpha value is -0.740. The molecule has 0 saturated heterocycles. The molecule has 0 saturated carbocycles. The highest BCUT2D eigenvalue weighted by Crippen LogP contribution is 2.35. The molecule has 1 aliphatic carbocycles. The quantitative estimate of drug-likeness (QED) is 0.519. The summed E-state index contributed by atoms with van der Waals surface area (Å²) in [7, 11) is 0. The first kappa shape index (κ1) is 11.3. The summed E-state index contributed by atoms with van der Waals surface area (Å²) in [6, 6.07) is -0.778. The second-order valence-corrected chi connectivity index (χ2v) is 4.53. The Kier molecular flexibility index (Phi) is 2.78. The normalized spacial score (nSPS) is 42.9. The lowest BCUT2D eigenvalue weighted by Crippen LogP contribution is -2.48. The van der Waals surface area contributed by atoms with Crippen molar-refractivity contribution in [3.8, 4) is 0 Å². The molecule has 14 heavy (non-hydrogen) atoms. The van der Waals surface area contributed by atoms with E-state index in [4.69, 9.17) is 0 Å². The highest BCUT2D eigenvalue weighted by molar-refractivity contribution is 5.19. The van der Waals surface area contributed by atoms with E-state index in [1.807, 2.05) is 13.8 Å². The third-order valence-corrected chi connectivity index (χ3v) is 3.03. The van der Waals surface area contributed by atoms with Crippen molar-refractivity contribution in [2.75, 3.05) is 0 Å². The summed E-state index contributed by atoms with van der Waals surface area (Å²) in [4.78, 5) is 10.5. The maximum atomic E-state index is 10.5. The summed E-state index contributed by atoms with van der Waals surface area (Å²) < 4.78 is 0. The molecule has 0 aromatic carbocycles. The van der Waals surface area contributed by atoms with E-state index in [1.54, 1.807) is 6.08 Å². The van der Waals surface area contributed by atoms with Gasteiger partial charge >= 0.3 is 0 Å². The first-order chi connectivity index (χ1) is 6.32. The monoisotopic (exact) mass is 199 g/mol. The van der Waals surface area contributed by atoms with E-state index in [1.165, 1.54) is 13.0 Å². The van der Waals surface area contributed by atoms with Gasteiger partial charge in [-0.2, -0.15) is 4.91 Å². The van der Waals surface area contributed by atoms with Crippen LogP contribution in [0, 0.1) is 10.8 Å². The number of aliphatic hydroxyl groups is 2. The zero-order valence-electron chi connectivity index (χ0n) is 8.77. The molecule has 0 radical (unpaired) electrons. The van der Waals surface area contributed by atoms with Gasteiger partial charge in [0, 0.05) is 6.42 Å². The topological polar surface area (TPSA) is 69.9 Å². The second kappa shape index (κ2) is 3.44. The standard InChI is InChI=1S/C10H17NO3/c1-7(2)10(13)5-4-9(3,12)8(6-10)11-14/h4-5,7-8,12-13H,6H2,1-3H3. The van der Waals surface area contributed by atoms with E-state index < -0.39 is 17.2 Å². The van der Waals surface area contributed by atoms with Crippen LogP contribution in [0.5, 0.6) is 0 Å². The van der Waals surface area contributed by atoms with Crippen molar-refractivity contribution >= 4 is 0 Å². The number of nitroso groups, excluding NO2 is 1. The molecular weight excluding hydrogens is 182 g/mol. The molecule has 4 nitrogen and oxygen atoms in total. The minimum absolute atomic E-state index is 0.000833. The van der Waals surface area contributed by atoms with Crippen LogP contribution < -0.4 is 0 Å². The van der Waals surface area contributed by atoms with Crippen LogP contribution in [0.3, 0.4) is 0 Å². The SMILES string of the molecule is CC(C)C1(O)C=CC(C)(O)C(N=O)C1. The molecule has 80 valence electrons. The van der Waals surface area contributed by atoms with Crippen molar-refractivity contribution in [1.29, 1.82) is 0 Å². The lowest BCUT2D eigenvalue weighted by atomic mass is 9.74. The lowest BCUT2D eigenvalue weighted by molar-refractivity contribution is -0.0207. The molecule has 0 amide bonds. The van der Waals surface area contributed by atoms with Crippen molar-refractivity contribution < 1.29 is 10.2 Å². The summed E-state index contributed by atoms with van der Waals surface area (Å²) in [5, 5.41) is 22.7. The fraction of sp³-hybridized carbons (Fsp3) is 0.800. The number of hydrogen-bond donors (Lipinski definition) is 2. The Morgan fingerprint density at radius 3 is 2.43 bits per heavy atom. The fourth-order valence-corrected chi connectivity index (χ4v) is 1.58. The van der Waals surface area contributed by atoms with Gasteiger partial charge < -0.3 is 10.2 Å². The van der Waals surface area contributed by atoms with Gasteiger partial charge in [0.25, 0.3) is 0 Å². The molecule has 0 aromatic rings. The summed E-state index contributed by atoms with van der Waals surface area (Å²) in [6.07, 6.45) is 3.21. The van der Waals surface area contributed by atoms with E-state index in [9.17, 15) is 15.1 Å². The number of rotatable bonds is 2. The average Bonchev–Trinajstić information content (AvgIpc) is 2.09. The molecule has 0 aliphatic heterocycles. The lowest BCUT2D eigenvalue weighted by Gasteiger charge is -2.39. The Morgan fingerprint density at radius 2 is 2.00 bits per heavy atom. The maximum absolute atomic E-state index is 10.5. The van der Waals surface area contributed by atoms with Gasteiger partial charge in [-0.05, 0) is 12.8 Å². The Balaban J connectivity index is 2.97. The number of nitrogens with zero attached hydrogens (tertiary/aromatic N) is 1. The van der Waals surface area contributed by atoms with E-state index >= 15 is 0 Å². The first-order valence-electron chi connectivity index (χ1n) is 4.79. The van der Waals surface area contributed by atoms with Gasteiger partial charge in [0.05, 0.1) is 5.60 Å². The summed E-state index contributed by atoms with van der Waals surface area (Å²) in [5.41, 5.74) is -2.26. The molecule has 0 heterocycles. The van der Waals surface area contributed by atoms with Crippen LogP contribution in [0.2, 0.25) is 0 Å². The summed E-state index contributed by atoms with van der Waals surface area (Å²) in [6.45, 7) is 5.26. The molecule has 1 rings (SSSR count). The Morgan fingerprint density at radius 1 is 1.43 bits per heavy atom. The van der Waals surface area contributed by atoms with Gasteiger partial charge in [0.2, 0.25) is 0 Å². The molecule has 0 spiro atoms. The predicted octanol–water partition coefficient (Wildman–Crippen LogP) is 1.22. The van der Waals surface area contributed by atoms with E-state index in [2.05, 4.69) is 5.18 Å². The first-order valence-corrected chi connectivity index (χ1v) is 4.79. The van der Waals surface area contributed by atoms with Gasteiger partial charge in [-0.3, -0.25) is 0 Å². The van der Waals surface area contributed by atoms with E-state index in [-0.39, 0.29) is 12.3 Å².